The van der Waals surface area contributed by atoms with E-state index in [1.807, 2.05) is 29.2 Å². The number of carbonyl (C=O) groups is 1. The molecule has 2 aliphatic heterocycles. The number of nitrogens with zero attached hydrogens (tertiary/aromatic N) is 1. The van der Waals surface area contributed by atoms with Gasteiger partial charge in [-0.3, -0.25) is 4.79 Å². The number of nitrogens with one attached hydrogen (secondary N) is 1. The minimum absolute atomic E-state index is 0.115. The first-order valence-electron chi connectivity index (χ1n) is 7.64. The zero-order valence-corrected chi connectivity index (χ0v) is 12.3. The van der Waals surface area contributed by atoms with Gasteiger partial charge in [-0.2, -0.15) is 13.2 Å². The molecule has 0 saturated carbocycles. The molecular weight excluding hydrogens is 305 g/mol. The van der Waals surface area contributed by atoms with Gasteiger partial charge in [-0.1, -0.05) is 12.1 Å². The molecule has 2 aliphatic rings. The number of halogens is 3. The Hall–Kier alpha value is -2.24. The zero-order chi connectivity index (χ0) is 16.2. The highest BCUT2D eigenvalue weighted by atomic mass is 19.4. The molecule has 0 bridgehead atoms. The smallest absolute Gasteiger partial charge is 0.371 e. The molecule has 0 aliphatic carbocycles. The fraction of sp³-hybridized carbons (Fsp3) is 0.353. The Kier molecular flexibility index (Phi) is 3.04. The Morgan fingerprint density at radius 2 is 1.83 bits per heavy atom. The normalized spacial score (nSPS) is 18.6. The van der Waals surface area contributed by atoms with E-state index < -0.39 is 12.1 Å². The summed E-state index contributed by atoms with van der Waals surface area (Å²) < 4.78 is 38.5. The highest BCUT2D eigenvalue weighted by Gasteiger charge is 2.41. The Labute approximate surface area is 131 Å². The van der Waals surface area contributed by atoms with Crippen molar-refractivity contribution in [2.24, 2.45) is 5.92 Å². The molecule has 0 aromatic heterocycles. The number of piperidine rings is 1. The van der Waals surface area contributed by atoms with E-state index in [9.17, 15) is 18.0 Å². The van der Waals surface area contributed by atoms with Crippen molar-refractivity contribution in [2.45, 2.75) is 19.0 Å². The monoisotopic (exact) mass is 320 g/mol. The Bertz CT molecular complexity index is 792. The molecule has 120 valence electrons. The minimum atomic E-state index is -4.11. The Morgan fingerprint density at radius 1 is 1.09 bits per heavy atom. The molecule has 1 N–H and O–H groups in total. The lowest BCUT2D eigenvalue weighted by atomic mass is 9.94. The number of anilines is 2. The Morgan fingerprint density at radius 3 is 2.52 bits per heavy atom. The number of benzene rings is 2. The van der Waals surface area contributed by atoms with Crippen LogP contribution in [0.2, 0.25) is 0 Å². The summed E-state index contributed by atoms with van der Waals surface area (Å²) in [7, 11) is 0. The maximum atomic E-state index is 12.8. The predicted octanol–water partition coefficient (Wildman–Crippen LogP) is 4.18. The van der Waals surface area contributed by atoms with Crippen molar-refractivity contribution in [3.63, 3.8) is 0 Å². The van der Waals surface area contributed by atoms with Crippen LogP contribution >= 0.6 is 0 Å². The third kappa shape index (κ3) is 2.24. The highest BCUT2D eigenvalue weighted by molar-refractivity contribution is 6.25. The van der Waals surface area contributed by atoms with E-state index in [0.29, 0.717) is 18.7 Å². The number of hydrogen-bond acceptors (Lipinski definition) is 2. The number of carbonyl (C=O) groups excluding carboxylic acids is 1. The number of alkyl halides is 3. The highest BCUT2D eigenvalue weighted by Crippen LogP contribution is 2.40. The molecule has 1 fully saturated rings. The summed E-state index contributed by atoms with van der Waals surface area (Å²) in [5.41, 5.74) is 2.31. The summed E-state index contributed by atoms with van der Waals surface area (Å²) in [5.74, 6) is -1.34. The van der Waals surface area contributed by atoms with E-state index in [2.05, 4.69) is 5.32 Å². The van der Waals surface area contributed by atoms with Crippen molar-refractivity contribution >= 4 is 28.1 Å². The van der Waals surface area contributed by atoms with Crippen molar-refractivity contribution < 1.29 is 18.0 Å². The first-order valence-corrected chi connectivity index (χ1v) is 7.64. The van der Waals surface area contributed by atoms with E-state index >= 15 is 0 Å². The van der Waals surface area contributed by atoms with E-state index in [4.69, 9.17) is 0 Å². The Balaban J connectivity index is 1.70. The topological polar surface area (TPSA) is 32.3 Å². The number of rotatable bonds is 1. The van der Waals surface area contributed by atoms with Gasteiger partial charge >= 0.3 is 6.18 Å². The van der Waals surface area contributed by atoms with Crippen LogP contribution in [0.3, 0.4) is 0 Å². The summed E-state index contributed by atoms with van der Waals surface area (Å²) in [6.07, 6.45) is -3.88. The third-order valence-corrected chi connectivity index (χ3v) is 4.81. The van der Waals surface area contributed by atoms with Gasteiger partial charge in [-0.15, -0.1) is 0 Å². The van der Waals surface area contributed by atoms with Gasteiger partial charge in [-0.25, -0.2) is 0 Å². The minimum Gasteiger partial charge on any atom is -0.371 e. The second-order valence-corrected chi connectivity index (χ2v) is 6.12. The first-order chi connectivity index (χ1) is 10.9. The van der Waals surface area contributed by atoms with Crippen molar-refractivity contribution in [1.82, 2.24) is 0 Å². The molecule has 2 aromatic rings. The third-order valence-electron chi connectivity index (χ3n) is 4.81. The molecule has 0 unspecified atom stereocenters. The molecule has 6 heteroatoms. The van der Waals surface area contributed by atoms with E-state index in [-0.39, 0.29) is 18.7 Å². The molecule has 0 spiro atoms. The van der Waals surface area contributed by atoms with Crippen LogP contribution in [0, 0.1) is 5.92 Å². The van der Waals surface area contributed by atoms with Gasteiger partial charge < -0.3 is 10.2 Å². The molecule has 4 rings (SSSR count). The molecule has 1 saturated heterocycles. The summed E-state index contributed by atoms with van der Waals surface area (Å²) in [6.45, 7) is 0.758. The van der Waals surface area contributed by atoms with Crippen LogP contribution in [0.1, 0.15) is 23.2 Å². The van der Waals surface area contributed by atoms with E-state index in [0.717, 1.165) is 22.1 Å². The van der Waals surface area contributed by atoms with Crippen LogP contribution < -0.4 is 10.2 Å². The average molecular weight is 320 g/mol. The van der Waals surface area contributed by atoms with Crippen LogP contribution in [0.15, 0.2) is 30.3 Å². The average Bonchev–Trinajstić information content (AvgIpc) is 2.85. The summed E-state index contributed by atoms with van der Waals surface area (Å²) in [6, 6.07) is 9.24. The molecule has 1 amide bonds. The maximum Gasteiger partial charge on any atom is 0.391 e. The first kappa shape index (κ1) is 14.4. The van der Waals surface area contributed by atoms with Gasteiger partial charge in [0.2, 0.25) is 0 Å². The lowest BCUT2D eigenvalue weighted by Gasteiger charge is -2.35. The summed E-state index contributed by atoms with van der Waals surface area (Å²) in [5, 5.41) is 4.61. The molecule has 2 heterocycles. The fourth-order valence-electron chi connectivity index (χ4n) is 3.60. The SMILES string of the molecule is O=C1Nc2cccc3c(N4CCC(C(F)(F)F)CC4)ccc1c23. The molecule has 3 nitrogen and oxygen atoms in total. The summed E-state index contributed by atoms with van der Waals surface area (Å²) >= 11 is 0. The quantitative estimate of drug-likeness (QED) is 0.855. The van der Waals surface area contributed by atoms with Crippen LogP contribution in [-0.4, -0.2) is 25.2 Å². The number of amides is 1. The van der Waals surface area contributed by atoms with Crippen molar-refractivity contribution in [2.75, 3.05) is 23.3 Å². The van der Waals surface area contributed by atoms with Gasteiger partial charge in [0.25, 0.3) is 5.91 Å². The molecule has 23 heavy (non-hydrogen) atoms. The van der Waals surface area contributed by atoms with Gasteiger partial charge in [-0.05, 0) is 31.0 Å². The predicted molar refractivity (Wildman–Crippen MR) is 82.9 cm³/mol. The standard InChI is InChI=1S/C17H15F3N2O/c18-17(19,20)10-6-8-22(9-7-10)14-5-4-12-15-11(14)2-1-3-13(15)21-16(12)23/h1-5,10H,6-9H2,(H,21,23). The van der Waals surface area contributed by atoms with E-state index in [1.54, 1.807) is 6.07 Å². The van der Waals surface area contributed by atoms with Crippen LogP contribution in [0.25, 0.3) is 10.8 Å². The largest absolute Gasteiger partial charge is 0.391 e. The van der Waals surface area contributed by atoms with Gasteiger partial charge in [0, 0.05) is 40.8 Å². The van der Waals surface area contributed by atoms with Gasteiger partial charge in [0.1, 0.15) is 0 Å². The second-order valence-electron chi connectivity index (χ2n) is 6.12. The molecule has 2 aromatic carbocycles. The van der Waals surface area contributed by atoms with Crippen LogP contribution in [-0.2, 0) is 0 Å². The molecular formula is C17H15F3N2O. The molecule has 0 atom stereocenters. The van der Waals surface area contributed by atoms with Gasteiger partial charge in [0.15, 0.2) is 0 Å². The van der Waals surface area contributed by atoms with Crippen molar-refractivity contribution in [3.8, 4) is 0 Å². The van der Waals surface area contributed by atoms with Gasteiger partial charge in [0.05, 0.1) is 5.92 Å². The van der Waals surface area contributed by atoms with Crippen molar-refractivity contribution in [1.29, 1.82) is 0 Å². The fourth-order valence-corrected chi connectivity index (χ4v) is 3.60. The zero-order valence-electron chi connectivity index (χ0n) is 12.3. The molecule has 0 radical (unpaired) electrons. The maximum absolute atomic E-state index is 12.8. The van der Waals surface area contributed by atoms with E-state index in [1.165, 1.54) is 0 Å². The van der Waals surface area contributed by atoms with Crippen LogP contribution in [0.5, 0.6) is 0 Å². The van der Waals surface area contributed by atoms with Crippen molar-refractivity contribution in [3.05, 3.63) is 35.9 Å². The second kappa shape index (κ2) is 4.88. The summed E-state index contributed by atoms with van der Waals surface area (Å²) in [4.78, 5) is 13.9. The number of hydrogen-bond donors (Lipinski definition) is 1. The lowest BCUT2D eigenvalue weighted by Crippen LogP contribution is -2.39. The van der Waals surface area contributed by atoms with Crippen LogP contribution in [0.4, 0.5) is 24.5 Å². The lowest BCUT2D eigenvalue weighted by molar-refractivity contribution is -0.179.